The predicted molar refractivity (Wildman–Crippen MR) is 67.9 cm³/mol. The highest BCUT2D eigenvalue weighted by Crippen LogP contribution is 2.30. The number of ether oxygens (including phenoxy) is 1. The van der Waals surface area contributed by atoms with Crippen molar-refractivity contribution in [2.45, 2.75) is 13.3 Å². The van der Waals surface area contributed by atoms with E-state index in [1.54, 1.807) is 18.2 Å². The number of benzene rings is 1. The van der Waals surface area contributed by atoms with Crippen LogP contribution in [0.5, 0.6) is 11.5 Å². The Morgan fingerprint density at radius 3 is 2.67 bits per heavy atom. The van der Waals surface area contributed by atoms with Crippen LogP contribution in [0.2, 0.25) is 0 Å². The first-order chi connectivity index (χ1) is 8.65. The van der Waals surface area contributed by atoms with E-state index in [1.807, 2.05) is 6.92 Å². The zero-order valence-corrected chi connectivity index (χ0v) is 10.7. The molecular formula is C13H19NO4. The zero-order chi connectivity index (χ0) is 13.5. The van der Waals surface area contributed by atoms with Crippen LogP contribution >= 0.6 is 0 Å². The monoisotopic (exact) mass is 253 g/mol. The van der Waals surface area contributed by atoms with Gasteiger partial charge in [0.1, 0.15) is 0 Å². The van der Waals surface area contributed by atoms with Gasteiger partial charge in [-0.1, -0.05) is 13.0 Å². The van der Waals surface area contributed by atoms with Gasteiger partial charge in [-0.25, -0.2) is 0 Å². The fourth-order valence-corrected chi connectivity index (χ4v) is 1.74. The maximum Gasteiger partial charge on any atom is 0.257 e. The summed E-state index contributed by atoms with van der Waals surface area (Å²) in [6, 6.07) is 4.78. The van der Waals surface area contributed by atoms with Crippen molar-refractivity contribution < 1.29 is 19.7 Å². The molecule has 0 atom stereocenters. The molecule has 0 unspecified atom stereocenters. The van der Waals surface area contributed by atoms with E-state index >= 15 is 0 Å². The lowest BCUT2D eigenvalue weighted by Gasteiger charge is -2.21. The van der Waals surface area contributed by atoms with E-state index in [-0.39, 0.29) is 36.1 Å². The molecule has 1 aromatic rings. The van der Waals surface area contributed by atoms with Gasteiger partial charge in [-0.3, -0.25) is 4.79 Å². The molecule has 0 heterocycles. The van der Waals surface area contributed by atoms with Crippen LogP contribution in [0.3, 0.4) is 0 Å². The highest BCUT2D eigenvalue weighted by molar-refractivity contribution is 5.97. The van der Waals surface area contributed by atoms with Gasteiger partial charge < -0.3 is 19.8 Å². The summed E-state index contributed by atoms with van der Waals surface area (Å²) in [6.07, 6.45) is 0.788. The second-order valence-corrected chi connectivity index (χ2v) is 3.87. The smallest absolute Gasteiger partial charge is 0.257 e. The maximum absolute atomic E-state index is 12.2. The number of aliphatic hydroxyl groups is 1. The molecule has 0 radical (unpaired) electrons. The van der Waals surface area contributed by atoms with Gasteiger partial charge in [0.05, 0.1) is 19.3 Å². The molecule has 5 heteroatoms. The number of aliphatic hydroxyl groups excluding tert-OH is 1. The van der Waals surface area contributed by atoms with E-state index in [0.29, 0.717) is 6.54 Å². The van der Waals surface area contributed by atoms with E-state index < -0.39 is 0 Å². The molecule has 0 aliphatic rings. The van der Waals surface area contributed by atoms with Gasteiger partial charge in [0.25, 0.3) is 5.91 Å². The zero-order valence-electron chi connectivity index (χ0n) is 10.7. The van der Waals surface area contributed by atoms with Crippen molar-refractivity contribution >= 4 is 5.91 Å². The van der Waals surface area contributed by atoms with E-state index in [2.05, 4.69) is 0 Å². The molecular weight excluding hydrogens is 234 g/mol. The van der Waals surface area contributed by atoms with Crippen molar-refractivity contribution in [2.24, 2.45) is 0 Å². The minimum Gasteiger partial charge on any atom is -0.504 e. The minimum atomic E-state index is -0.303. The van der Waals surface area contributed by atoms with Crippen molar-refractivity contribution in [3.8, 4) is 11.5 Å². The highest BCUT2D eigenvalue weighted by atomic mass is 16.5. The SMILES string of the molecule is CCCN(CCO)C(=O)c1cccc(OC)c1O. The summed E-state index contributed by atoms with van der Waals surface area (Å²) in [5, 5.41) is 18.9. The first kappa shape index (κ1) is 14.3. The molecule has 18 heavy (non-hydrogen) atoms. The van der Waals surface area contributed by atoms with Crippen molar-refractivity contribution in [1.82, 2.24) is 4.90 Å². The summed E-state index contributed by atoms with van der Waals surface area (Å²) < 4.78 is 4.97. The Labute approximate surface area is 107 Å². The van der Waals surface area contributed by atoms with Crippen LogP contribution < -0.4 is 4.74 Å². The van der Waals surface area contributed by atoms with E-state index in [1.165, 1.54) is 12.0 Å². The third-order valence-electron chi connectivity index (χ3n) is 2.60. The van der Waals surface area contributed by atoms with Gasteiger partial charge in [-0.2, -0.15) is 0 Å². The average molecular weight is 253 g/mol. The molecule has 0 aliphatic heterocycles. The van der Waals surface area contributed by atoms with Crippen LogP contribution in [0.15, 0.2) is 18.2 Å². The van der Waals surface area contributed by atoms with Crippen LogP contribution in [-0.2, 0) is 0 Å². The lowest BCUT2D eigenvalue weighted by Crippen LogP contribution is -2.34. The Morgan fingerprint density at radius 1 is 1.39 bits per heavy atom. The van der Waals surface area contributed by atoms with Gasteiger partial charge in [-0.05, 0) is 18.6 Å². The molecule has 0 saturated heterocycles. The molecule has 5 nitrogen and oxygen atoms in total. The van der Waals surface area contributed by atoms with Gasteiger partial charge >= 0.3 is 0 Å². The third kappa shape index (κ3) is 3.13. The second-order valence-electron chi connectivity index (χ2n) is 3.87. The molecule has 0 aliphatic carbocycles. The summed E-state index contributed by atoms with van der Waals surface area (Å²) in [5.41, 5.74) is 0.191. The minimum absolute atomic E-state index is 0.101. The van der Waals surface area contributed by atoms with Crippen LogP contribution in [-0.4, -0.2) is 47.8 Å². The van der Waals surface area contributed by atoms with Crippen LogP contribution in [0.4, 0.5) is 0 Å². The van der Waals surface area contributed by atoms with Crippen molar-refractivity contribution in [3.63, 3.8) is 0 Å². The number of rotatable bonds is 6. The largest absolute Gasteiger partial charge is 0.504 e. The van der Waals surface area contributed by atoms with Crippen molar-refractivity contribution in [3.05, 3.63) is 23.8 Å². The second kappa shape index (κ2) is 6.86. The summed E-state index contributed by atoms with van der Waals surface area (Å²) in [4.78, 5) is 13.7. The first-order valence-electron chi connectivity index (χ1n) is 5.91. The van der Waals surface area contributed by atoms with Gasteiger partial charge in [-0.15, -0.1) is 0 Å². The Balaban J connectivity index is 3.00. The van der Waals surface area contributed by atoms with Gasteiger partial charge in [0.15, 0.2) is 11.5 Å². The number of para-hydroxylation sites is 1. The van der Waals surface area contributed by atoms with Crippen LogP contribution in [0.1, 0.15) is 23.7 Å². The van der Waals surface area contributed by atoms with E-state index in [0.717, 1.165) is 6.42 Å². The standard InChI is InChI=1S/C13H19NO4/c1-3-7-14(8-9-15)13(17)10-5-4-6-11(18-2)12(10)16/h4-6,15-16H,3,7-9H2,1-2H3. The molecule has 0 aromatic heterocycles. The molecule has 0 spiro atoms. The molecule has 100 valence electrons. The normalized spacial score (nSPS) is 10.2. The number of hydrogen-bond acceptors (Lipinski definition) is 4. The number of nitrogens with zero attached hydrogens (tertiary/aromatic N) is 1. The Morgan fingerprint density at radius 2 is 2.11 bits per heavy atom. The molecule has 0 saturated carbocycles. The van der Waals surface area contributed by atoms with Crippen molar-refractivity contribution in [2.75, 3.05) is 26.8 Å². The summed E-state index contributed by atoms with van der Waals surface area (Å²) in [7, 11) is 1.43. The van der Waals surface area contributed by atoms with Crippen LogP contribution in [0, 0.1) is 0 Å². The third-order valence-corrected chi connectivity index (χ3v) is 2.60. The lowest BCUT2D eigenvalue weighted by molar-refractivity contribution is 0.0718. The average Bonchev–Trinajstić information content (AvgIpc) is 2.38. The Hall–Kier alpha value is -1.75. The van der Waals surface area contributed by atoms with Gasteiger partial charge in [0.2, 0.25) is 0 Å². The number of carbonyl (C=O) groups is 1. The number of aromatic hydroxyl groups is 1. The molecule has 2 N–H and O–H groups in total. The number of methoxy groups -OCH3 is 1. The molecule has 1 amide bonds. The summed E-state index contributed by atoms with van der Waals surface area (Å²) in [5.74, 6) is -0.201. The number of amides is 1. The molecule has 1 rings (SSSR count). The quantitative estimate of drug-likeness (QED) is 0.800. The number of phenolic OH excluding ortho intramolecular Hbond substituents is 1. The predicted octanol–water partition coefficient (Wildman–Crippen LogP) is 1.25. The lowest BCUT2D eigenvalue weighted by atomic mass is 10.1. The topological polar surface area (TPSA) is 70.0 Å². The number of carbonyl (C=O) groups excluding carboxylic acids is 1. The van der Waals surface area contributed by atoms with Crippen molar-refractivity contribution in [1.29, 1.82) is 0 Å². The summed E-state index contributed by atoms with van der Waals surface area (Å²) in [6.45, 7) is 2.64. The Bertz CT molecular complexity index is 400. The van der Waals surface area contributed by atoms with E-state index in [9.17, 15) is 9.90 Å². The van der Waals surface area contributed by atoms with Crippen LogP contribution in [0.25, 0.3) is 0 Å². The highest BCUT2D eigenvalue weighted by Gasteiger charge is 2.19. The number of hydrogen-bond donors (Lipinski definition) is 2. The maximum atomic E-state index is 12.2. The fraction of sp³-hybridized carbons (Fsp3) is 0.462. The van der Waals surface area contributed by atoms with E-state index in [4.69, 9.17) is 9.84 Å². The molecule has 1 aromatic carbocycles. The first-order valence-corrected chi connectivity index (χ1v) is 5.91. The number of phenols is 1. The molecule has 0 fully saturated rings. The van der Waals surface area contributed by atoms with Gasteiger partial charge in [0, 0.05) is 13.1 Å². The Kier molecular flexibility index (Phi) is 5.45. The summed E-state index contributed by atoms with van der Waals surface area (Å²) >= 11 is 0. The fourth-order valence-electron chi connectivity index (χ4n) is 1.74. The molecule has 0 bridgehead atoms.